The molecule has 2 atom stereocenters. The van der Waals surface area contributed by atoms with Crippen LogP contribution in [0.4, 0.5) is 0 Å². The summed E-state index contributed by atoms with van der Waals surface area (Å²) in [7, 11) is 0. The fourth-order valence-electron chi connectivity index (χ4n) is 3.17. The van der Waals surface area contributed by atoms with Crippen molar-refractivity contribution >= 4 is 11.8 Å². The highest BCUT2D eigenvalue weighted by molar-refractivity contribution is 5.82. The predicted molar refractivity (Wildman–Crippen MR) is 75.3 cm³/mol. The van der Waals surface area contributed by atoms with Crippen molar-refractivity contribution in [2.24, 2.45) is 11.8 Å². The molecule has 2 aliphatic rings. The standard InChI is InChI=1S/C15H21N3O3/c1-11-2-5-17(14(11)19)7-8-18-6-3-12(15(18)20)10-13-4-9-21-16-13/h4,9,11-12H,2-3,5-8,10H2,1H3/t11-,12?/m0/s1. The number of nitrogens with zero attached hydrogens (tertiary/aromatic N) is 3. The average Bonchev–Trinajstić information content (AvgIpc) is 3.17. The van der Waals surface area contributed by atoms with Crippen molar-refractivity contribution in [2.75, 3.05) is 26.2 Å². The van der Waals surface area contributed by atoms with Crippen molar-refractivity contribution < 1.29 is 14.1 Å². The Bertz CT molecular complexity index is 514. The second kappa shape index (κ2) is 5.87. The highest BCUT2D eigenvalue weighted by Crippen LogP contribution is 2.22. The average molecular weight is 291 g/mol. The second-order valence-electron chi connectivity index (χ2n) is 6.02. The number of aromatic nitrogens is 1. The lowest BCUT2D eigenvalue weighted by Crippen LogP contribution is -2.38. The molecule has 0 aromatic carbocycles. The maximum atomic E-state index is 12.3. The molecule has 0 N–H and O–H groups in total. The van der Waals surface area contributed by atoms with Gasteiger partial charge in [-0.1, -0.05) is 12.1 Å². The first-order valence-corrected chi connectivity index (χ1v) is 7.62. The maximum absolute atomic E-state index is 12.3. The second-order valence-corrected chi connectivity index (χ2v) is 6.02. The van der Waals surface area contributed by atoms with Crippen molar-refractivity contribution in [3.05, 3.63) is 18.0 Å². The Hall–Kier alpha value is -1.85. The van der Waals surface area contributed by atoms with E-state index in [2.05, 4.69) is 5.16 Å². The van der Waals surface area contributed by atoms with Crippen LogP contribution in [0, 0.1) is 11.8 Å². The number of rotatable bonds is 5. The summed E-state index contributed by atoms with van der Waals surface area (Å²) >= 11 is 0. The molecule has 0 aliphatic carbocycles. The van der Waals surface area contributed by atoms with Gasteiger partial charge in [0.05, 0.1) is 5.69 Å². The molecule has 6 nitrogen and oxygen atoms in total. The van der Waals surface area contributed by atoms with E-state index in [9.17, 15) is 9.59 Å². The smallest absolute Gasteiger partial charge is 0.226 e. The molecule has 0 saturated carbocycles. The molecule has 2 fully saturated rings. The van der Waals surface area contributed by atoms with E-state index >= 15 is 0 Å². The summed E-state index contributed by atoms with van der Waals surface area (Å²) in [4.78, 5) is 28.0. The fourth-order valence-corrected chi connectivity index (χ4v) is 3.17. The van der Waals surface area contributed by atoms with Crippen LogP contribution in [-0.4, -0.2) is 52.9 Å². The minimum atomic E-state index is 0.00306. The molecule has 2 aliphatic heterocycles. The normalized spacial score (nSPS) is 26.1. The SMILES string of the molecule is C[C@H]1CCN(CCN2CCC(Cc3ccon3)C2=O)C1=O. The molecule has 1 aromatic heterocycles. The number of hydrogen-bond acceptors (Lipinski definition) is 4. The third kappa shape index (κ3) is 2.94. The number of carbonyl (C=O) groups is 2. The van der Waals surface area contributed by atoms with Gasteiger partial charge in [0, 0.05) is 50.5 Å². The molecule has 3 rings (SSSR count). The van der Waals surface area contributed by atoms with Crippen LogP contribution in [-0.2, 0) is 16.0 Å². The van der Waals surface area contributed by atoms with Crippen LogP contribution in [0.5, 0.6) is 0 Å². The molecule has 3 heterocycles. The molecule has 2 saturated heterocycles. The van der Waals surface area contributed by atoms with E-state index in [1.54, 1.807) is 6.07 Å². The van der Waals surface area contributed by atoms with Gasteiger partial charge in [0.25, 0.3) is 0 Å². The van der Waals surface area contributed by atoms with E-state index < -0.39 is 0 Å². The summed E-state index contributed by atoms with van der Waals surface area (Å²) in [5.74, 6) is 0.543. The summed E-state index contributed by atoms with van der Waals surface area (Å²) < 4.78 is 4.80. The quantitative estimate of drug-likeness (QED) is 0.809. The van der Waals surface area contributed by atoms with Gasteiger partial charge >= 0.3 is 0 Å². The molecule has 6 heteroatoms. The van der Waals surface area contributed by atoms with E-state index in [1.165, 1.54) is 6.26 Å². The van der Waals surface area contributed by atoms with Gasteiger partial charge in [-0.3, -0.25) is 9.59 Å². The summed E-state index contributed by atoms with van der Waals surface area (Å²) in [6.07, 6.45) is 3.97. The third-order valence-corrected chi connectivity index (χ3v) is 4.56. The molecule has 1 aromatic rings. The zero-order valence-electron chi connectivity index (χ0n) is 12.3. The minimum Gasteiger partial charge on any atom is -0.365 e. The highest BCUT2D eigenvalue weighted by Gasteiger charge is 2.33. The first-order chi connectivity index (χ1) is 10.1. The predicted octanol–water partition coefficient (Wildman–Crippen LogP) is 0.934. The summed E-state index contributed by atoms with van der Waals surface area (Å²) in [5, 5.41) is 3.87. The molecule has 114 valence electrons. The Kier molecular flexibility index (Phi) is 3.94. The third-order valence-electron chi connectivity index (χ3n) is 4.56. The Balaban J connectivity index is 1.49. The van der Waals surface area contributed by atoms with Crippen LogP contribution < -0.4 is 0 Å². The summed E-state index contributed by atoms with van der Waals surface area (Å²) in [5.41, 5.74) is 0.832. The molecule has 2 amide bonds. The van der Waals surface area contributed by atoms with Gasteiger partial charge in [0.15, 0.2) is 0 Å². The van der Waals surface area contributed by atoms with Crippen LogP contribution >= 0.6 is 0 Å². The van der Waals surface area contributed by atoms with Gasteiger partial charge in [-0.15, -0.1) is 0 Å². The molecular weight excluding hydrogens is 270 g/mol. The summed E-state index contributed by atoms with van der Waals surface area (Å²) in [6.45, 7) is 4.87. The minimum absolute atomic E-state index is 0.00306. The lowest BCUT2D eigenvalue weighted by atomic mass is 10.0. The van der Waals surface area contributed by atoms with Crippen molar-refractivity contribution in [3.8, 4) is 0 Å². The Labute approximate surface area is 124 Å². The van der Waals surface area contributed by atoms with Gasteiger partial charge in [0.1, 0.15) is 6.26 Å². The monoisotopic (exact) mass is 291 g/mol. The van der Waals surface area contributed by atoms with Gasteiger partial charge < -0.3 is 14.3 Å². The van der Waals surface area contributed by atoms with E-state index in [0.29, 0.717) is 19.5 Å². The van der Waals surface area contributed by atoms with Crippen LogP contribution in [0.1, 0.15) is 25.5 Å². The molecule has 21 heavy (non-hydrogen) atoms. The number of likely N-dealkylation sites (tertiary alicyclic amines) is 2. The first-order valence-electron chi connectivity index (χ1n) is 7.62. The lowest BCUT2D eigenvalue weighted by Gasteiger charge is -2.22. The molecular formula is C15H21N3O3. The van der Waals surface area contributed by atoms with Crippen molar-refractivity contribution in [3.63, 3.8) is 0 Å². The first kappa shape index (κ1) is 14.1. The topological polar surface area (TPSA) is 66.7 Å². The van der Waals surface area contributed by atoms with Gasteiger partial charge in [0.2, 0.25) is 11.8 Å². The van der Waals surface area contributed by atoms with Gasteiger partial charge in [-0.05, 0) is 12.8 Å². The Morgan fingerprint density at radius 2 is 1.90 bits per heavy atom. The van der Waals surface area contributed by atoms with Crippen molar-refractivity contribution in [1.29, 1.82) is 0 Å². The van der Waals surface area contributed by atoms with Crippen molar-refractivity contribution in [1.82, 2.24) is 15.0 Å². The zero-order valence-corrected chi connectivity index (χ0v) is 12.3. The van der Waals surface area contributed by atoms with Crippen LogP contribution in [0.25, 0.3) is 0 Å². The van der Waals surface area contributed by atoms with E-state index in [-0.39, 0.29) is 23.7 Å². The van der Waals surface area contributed by atoms with Gasteiger partial charge in [-0.25, -0.2) is 0 Å². The van der Waals surface area contributed by atoms with Crippen LogP contribution in [0.2, 0.25) is 0 Å². The van der Waals surface area contributed by atoms with Crippen LogP contribution in [0.15, 0.2) is 16.9 Å². The van der Waals surface area contributed by atoms with Crippen LogP contribution in [0.3, 0.4) is 0 Å². The maximum Gasteiger partial charge on any atom is 0.226 e. The van der Waals surface area contributed by atoms with E-state index in [4.69, 9.17) is 4.52 Å². The molecule has 0 spiro atoms. The molecule has 0 bridgehead atoms. The number of hydrogen-bond donors (Lipinski definition) is 0. The van der Waals surface area contributed by atoms with E-state index in [0.717, 1.165) is 31.6 Å². The zero-order chi connectivity index (χ0) is 14.8. The lowest BCUT2D eigenvalue weighted by molar-refractivity contribution is -0.134. The Morgan fingerprint density at radius 1 is 1.19 bits per heavy atom. The molecule has 1 unspecified atom stereocenters. The largest absolute Gasteiger partial charge is 0.365 e. The molecule has 0 radical (unpaired) electrons. The van der Waals surface area contributed by atoms with Crippen molar-refractivity contribution in [2.45, 2.75) is 26.2 Å². The number of amides is 2. The number of carbonyl (C=O) groups excluding carboxylic acids is 2. The fraction of sp³-hybridized carbons (Fsp3) is 0.667. The highest BCUT2D eigenvalue weighted by atomic mass is 16.5. The Morgan fingerprint density at radius 3 is 2.52 bits per heavy atom. The van der Waals surface area contributed by atoms with Gasteiger partial charge in [-0.2, -0.15) is 0 Å². The van der Waals surface area contributed by atoms with E-state index in [1.807, 2.05) is 16.7 Å². The summed E-state index contributed by atoms with van der Waals surface area (Å²) in [6, 6.07) is 1.81.